The SMILES string of the molecule is C/C(CC(=O)Nc1cc(Cl)cc(Cl)c1)=N\NC(=O)c1ccccc1. The molecule has 2 amide bonds. The summed E-state index contributed by atoms with van der Waals surface area (Å²) in [6, 6.07) is 13.4. The fourth-order valence-corrected chi connectivity index (χ4v) is 2.43. The van der Waals surface area contributed by atoms with Gasteiger partial charge in [0, 0.05) is 27.0 Å². The summed E-state index contributed by atoms with van der Waals surface area (Å²) < 4.78 is 0. The zero-order valence-electron chi connectivity index (χ0n) is 12.8. The predicted octanol–water partition coefficient (Wildman–Crippen LogP) is 4.13. The highest BCUT2D eigenvalue weighted by molar-refractivity contribution is 6.35. The van der Waals surface area contributed by atoms with Gasteiger partial charge in [0.1, 0.15) is 0 Å². The zero-order valence-corrected chi connectivity index (χ0v) is 14.4. The Labute approximate surface area is 149 Å². The first-order valence-corrected chi connectivity index (χ1v) is 7.84. The number of amides is 2. The van der Waals surface area contributed by atoms with E-state index >= 15 is 0 Å². The van der Waals surface area contributed by atoms with Crippen LogP contribution in [0.1, 0.15) is 23.7 Å². The van der Waals surface area contributed by atoms with Crippen LogP contribution in [0.4, 0.5) is 5.69 Å². The first kappa shape index (κ1) is 18.0. The Morgan fingerprint density at radius 2 is 1.67 bits per heavy atom. The Balaban J connectivity index is 1.90. The van der Waals surface area contributed by atoms with Gasteiger partial charge in [0.15, 0.2) is 0 Å². The lowest BCUT2D eigenvalue weighted by Gasteiger charge is -2.06. The quantitative estimate of drug-likeness (QED) is 0.619. The highest BCUT2D eigenvalue weighted by Gasteiger charge is 2.07. The third-order valence-electron chi connectivity index (χ3n) is 2.95. The van der Waals surface area contributed by atoms with Gasteiger partial charge in [-0.2, -0.15) is 5.10 Å². The van der Waals surface area contributed by atoms with Crippen molar-refractivity contribution in [3.63, 3.8) is 0 Å². The second-order valence-electron chi connectivity index (χ2n) is 5.04. The number of carbonyl (C=O) groups excluding carboxylic acids is 2. The third-order valence-corrected chi connectivity index (χ3v) is 3.38. The Morgan fingerprint density at radius 1 is 1.04 bits per heavy atom. The van der Waals surface area contributed by atoms with Crippen molar-refractivity contribution in [2.75, 3.05) is 5.32 Å². The van der Waals surface area contributed by atoms with Gasteiger partial charge in [0.2, 0.25) is 5.91 Å². The molecule has 0 fully saturated rings. The van der Waals surface area contributed by atoms with E-state index in [2.05, 4.69) is 15.8 Å². The summed E-state index contributed by atoms with van der Waals surface area (Å²) in [4.78, 5) is 23.8. The standard InChI is InChI=1S/C17H15Cl2N3O2/c1-11(21-22-17(24)12-5-3-2-4-6-12)7-16(23)20-15-9-13(18)8-14(19)10-15/h2-6,8-10H,7H2,1H3,(H,20,23)(H,22,24)/b21-11+. The van der Waals surface area contributed by atoms with E-state index in [-0.39, 0.29) is 18.2 Å². The van der Waals surface area contributed by atoms with Gasteiger partial charge in [-0.25, -0.2) is 5.43 Å². The molecule has 0 aliphatic rings. The number of anilines is 1. The van der Waals surface area contributed by atoms with Crippen molar-refractivity contribution in [2.24, 2.45) is 5.10 Å². The van der Waals surface area contributed by atoms with Gasteiger partial charge in [0.05, 0.1) is 6.42 Å². The molecule has 24 heavy (non-hydrogen) atoms. The Bertz CT molecular complexity index is 756. The van der Waals surface area contributed by atoms with E-state index < -0.39 is 0 Å². The number of carbonyl (C=O) groups is 2. The second-order valence-corrected chi connectivity index (χ2v) is 5.91. The molecule has 0 atom stereocenters. The minimum absolute atomic E-state index is 0.0270. The van der Waals surface area contributed by atoms with Crippen molar-refractivity contribution in [3.05, 3.63) is 64.1 Å². The summed E-state index contributed by atoms with van der Waals surface area (Å²) in [5.74, 6) is -0.625. The number of nitrogens with one attached hydrogen (secondary N) is 2. The van der Waals surface area contributed by atoms with Crippen molar-refractivity contribution in [1.82, 2.24) is 5.43 Å². The van der Waals surface area contributed by atoms with Gasteiger partial charge in [-0.05, 0) is 37.3 Å². The van der Waals surface area contributed by atoms with E-state index in [1.54, 1.807) is 49.4 Å². The fourth-order valence-electron chi connectivity index (χ4n) is 1.90. The third kappa shape index (κ3) is 5.68. The van der Waals surface area contributed by atoms with Crippen molar-refractivity contribution in [3.8, 4) is 0 Å². The summed E-state index contributed by atoms with van der Waals surface area (Å²) >= 11 is 11.8. The summed E-state index contributed by atoms with van der Waals surface area (Å²) in [5.41, 5.74) is 3.87. The monoisotopic (exact) mass is 363 g/mol. The summed E-state index contributed by atoms with van der Waals surface area (Å²) in [5, 5.41) is 7.45. The maximum Gasteiger partial charge on any atom is 0.271 e. The molecule has 0 radical (unpaired) electrons. The van der Waals surface area contributed by atoms with Crippen molar-refractivity contribution in [2.45, 2.75) is 13.3 Å². The van der Waals surface area contributed by atoms with Crippen molar-refractivity contribution >= 4 is 46.4 Å². The number of halogens is 2. The molecule has 2 N–H and O–H groups in total. The number of hydrogen-bond acceptors (Lipinski definition) is 3. The Hall–Kier alpha value is -2.37. The lowest BCUT2D eigenvalue weighted by Crippen LogP contribution is -2.21. The molecule has 2 aromatic rings. The number of benzene rings is 2. The van der Waals surface area contributed by atoms with E-state index in [4.69, 9.17) is 23.2 Å². The molecular weight excluding hydrogens is 349 g/mol. The maximum absolute atomic E-state index is 12.0. The van der Waals surface area contributed by atoms with Gasteiger partial charge in [0.25, 0.3) is 5.91 Å². The first-order valence-electron chi connectivity index (χ1n) is 7.08. The van der Waals surface area contributed by atoms with Crippen LogP contribution in [0.15, 0.2) is 53.6 Å². The largest absolute Gasteiger partial charge is 0.326 e. The molecule has 2 aromatic carbocycles. The van der Waals surface area contributed by atoms with Crippen LogP contribution in [-0.2, 0) is 4.79 Å². The highest BCUT2D eigenvalue weighted by atomic mass is 35.5. The van der Waals surface area contributed by atoms with Crippen LogP contribution in [0.5, 0.6) is 0 Å². The van der Waals surface area contributed by atoms with E-state index in [0.29, 0.717) is 27.0 Å². The van der Waals surface area contributed by atoms with Gasteiger partial charge in [-0.1, -0.05) is 41.4 Å². The zero-order chi connectivity index (χ0) is 17.5. The van der Waals surface area contributed by atoms with E-state index in [1.165, 1.54) is 0 Å². The van der Waals surface area contributed by atoms with E-state index in [9.17, 15) is 9.59 Å². The van der Waals surface area contributed by atoms with Crippen LogP contribution in [0.3, 0.4) is 0 Å². The molecular formula is C17H15Cl2N3O2. The van der Waals surface area contributed by atoms with Gasteiger partial charge < -0.3 is 5.32 Å². The molecule has 124 valence electrons. The molecule has 5 nitrogen and oxygen atoms in total. The lowest BCUT2D eigenvalue weighted by atomic mass is 10.2. The van der Waals surface area contributed by atoms with Crippen LogP contribution in [-0.4, -0.2) is 17.5 Å². The minimum atomic E-state index is -0.336. The average molecular weight is 364 g/mol. The highest BCUT2D eigenvalue weighted by Crippen LogP contribution is 2.22. The molecule has 0 heterocycles. The Kier molecular flexibility index (Phi) is 6.35. The molecule has 0 saturated carbocycles. The van der Waals surface area contributed by atoms with Crippen LogP contribution in [0, 0.1) is 0 Å². The van der Waals surface area contributed by atoms with Crippen molar-refractivity contribution in [1.29, 1.82) is 0 Å². The van der Waals surface area contributed by atoms with Crippen molar-refractivity contribution < 1.29 is 9.59 Å². The Morgan fingerprint density at radius 3 is 2.29 bits per heavy atom. The molecule has 0 saturated heterocycles. The summed E-state index contributed by atoms with van der Waals surface area (Å²) in [6.07, 6.45) is 0.0270. The summed E-state index contributed by atoms with van der Waals surface area (Å²) in [6.45, 7) is 1.65. The van der Waals surface area contributed by atoms with Crippen LogP contribution in [0.2, 0.25) is 10.0 Å². The van der Waals surface area contributed by atoms with Crippen LogP contribution in [0.25, 0.3) is 0 Å². The van der Waals surface area contributed by atoms with E-state index in [0.717, 1.165) is 0 Å². The number of nitrogens with zero attached hydrogens (tertiary/aromatic N) is 1. The molecule has 0 bridgehead atoms. The predicted molar refractivity (Wildman–Crippen MR) is 96.7 cm³/mol. The summed E-state index contributed by atoms with van der Waals surface area (Å²) in [7, 11) is 0. The van der Waals surface area contributed by atoms with Gasteiger partial charge in [-0.15, -0.1) is 0 Å². The molecule has 7 heteroatoms. The lowest BCUT2D eigenvalue weighted by molar-refractivity contribution is -0.115. The average Bonchev–Trinajstić information content (AvgIpc) is 2.52. The molecule has 0 aliphatic heterocycles. The molecule has 0 aromatic heterocycles. The molecule has 2 rings (SSSR count). The second kappa shape index (κ2) is 8.47. The minimum Gasteiger partial charge on any atom is -0.326 e. The van der Waals surface area contributed by atoms with Gasteiger partial charge >= 0.3 is 0 Å². The fraction of sp³-hybridized carbons (Fsp3) is 0.118. The topological polar surface area (TPSA) is 70.6 Å². The maximum atomic E-state index is 12.0. The smallest absolute Gasteiger partial charge is 0.271 e. The first-order chi connectivity index (χ1) is 11.4. The van der Waals surface area contributed by atoms with Crippen LogP contribution < -0.4 is 10.7 Å². The van der Waals surface area contributed by atoms with Gasteiger partial charge in [-0.3, -0.25) is 9.59 Å². The number of hydrogen-bond donors (Lipinski definition) is 2. The molecule has 0 aliphatic carbocycles. The molecule has 0 unspecified atom stereocenters. The van der Waals surface area contributed by atoms with E-state index in [1.807, 2.05) is 6.07 Å². The van der Waals surface area contributed by atoms with Crippen LogP contribution >= 0.6 is 23.2 Å². The normalized spacial score (nSPS) is 11.0. The number of rotatable bonds is 5. The molecule has 0 spiro atoms. The number of hydrazone groups is 1.